The lowest BCUT2D eigenvalue weighted by molar-refractivity contribution is -0.124. The minimum Gasteiger partial charge on any atom is -0.354 e. The van der Waals surface area contributed by atoms with E-state index in [1.165, 1.54) is 0 Å². The summed E-state index contributed by atoms with van der Waals surface area (Å²) < 4.78 is 1.67. The van der Waals surface area contributed by atoms with Crippen LogP contribution < -0.4 is 10.6 Å². The van der Waals surface area contributed by atoms with Crippen LogP contribution in [0.4, 0.5) is 4.79 Å². The van der Waals surface area contributed by atoms with Crippen LogP contribution in [-0.2, 0) is 4.79 Å². The zero-order chi connectivity index (χ0) is 17.8. The van der Waals surface area contributed by atoms with Gasteiger partial charge in [0.2, 0.25) is 5.91 Å². The van der Waals surface area contributed by atoms with Crippen LogP contribution in [0.15, 0.2) is 36.7 Å². The van der Waals surface area contributed by atoms with Crippen LogP contribution in [0, 0.1) is 0 Å². The lowest BCUT2D eigenvalue weighted by Crippen LogP contribution is -2.49. The monoisotopic (exact) mass is 342 g/mol. The third-order valence-corrected chi connectivity index (χ3v) is 4.40. The van der Waals surface area contributed by atoms with Crippen molar-refractivity contribution in [1.29, 1.82) is 0 Å². The second-order valence-electron chi connectivity index (χ2n) is 6.12. The molecule has 2 N–H and O–H groups in total. The molecule has 132 valence electrons. The number of carbonyl (C=O) groups is 2. The van der Waals surface area contributed by atoms with Gasteiger partial charge in [-0.15, -0.1) is 5.10 Å². The fourth-order valence-corrected chi connectivity index (χ4v) is 2.83. The standard InChI is InChI=1S/C17H22N6O2/c1-12(14-4-6-15(7-5-14)23-11-9-19-21-23)20-17(25)22-10-3-8-18-16(24)13(22)2/h4-7,9,11-13H,3,8,10H2,1-2H3,(H,18,24)(H,20,25). The highest BCUT2D eigenvalue weighted by atomic mass is 16.2. The maximum absolute atomic E-state index is 12.6. The van der Waals surface area contributed by atoms with E-state index >= 15 is 0 Å². The fraction of sp³-hybridized carbons (Fsp3) is 0.412. The quantitative estimate of drug-likeness (QED) is 0.878. The molecule has 1 fully saturated rings. The predicted octanol–water partition coefficient (Wildman–Crippen LogP) is 1.25. The number of aromatic nitrogens is 3. The number of nitrogens with one attached hydrogen (secondary N) is 2. The molecule has 1 aromatic heterocycles. The Morgan fingerprint density at radius 1 is 1.36 bits per heavy atom. The molecular weight excluding hydrogens is 320 g/mol. The zero-order valence-electron chi connectivity index (χ0n) is 14.3. The predicted molar refractivity (Wildman–Crippen MR) is 92.1 cm³/mol. The smallest absolute Gasteiger partial charge is 0.318 e. The molecule has 8 heteroatoms. The first-order valence-corrected chi connectivity index (χ1v) is 8.38. The van der Waals surface area contributed by atoms with E-state index in [2.05, 4.69) is 20.9 Å². The summed E-state index contributed by atoms with van der Waals surface area (Å²) in [5.41, 5.74) is 1.88. The van der Waals surface area contributed by atoms with Crippen molar-refractivity contribution < 1.29 is 9.59 Å². The van der Waals surface area contributed by atoms with Gasteiger partial charge in [0, 0.05) is 13.1 Å². The molecule has 0 bridgehead atoms. The molecule has 2 unspecified atom stereocenters. The summed E-state index contributed by atoms with van der Waals surface area (Å²) in [6.07, 6.45) is 4.14. The van der Waals surface area contributed by atoms with Crippen molar-refractivity contribution in [3.05, 3.63) is 42.2 Å². The van der Waals surface area contributed by atoms with Crippen molar-refractivity contribution in [2.75, 3.05) is 13.1 Å². The summed E-state index contributed by atoms with van der Waals surface area (Å²) >= 11 is 0. The Balaban J connectivity index is 1.65. The minimum atomic E-state index is -0.468. The van der Waals surface area contributed by atoms with E-state index in [1.807, 2.05) is 31.2 Å². The van der Waals surface area contributed by atoms with Crippen LogP contribution in [0.1, 0.15) is 31.9 Å². The van der Waals surface area contributed by atoms with Crippen LogP contribution in [0.2, 0.25) is 0 Å². The first kappa shape index (κ1) is 16.9. The molecule has 2 atom stereocenters. The van der Waals surface area contributed by atoms with E-state index in [-0.39, 0.29) is 18.0 Å². The summed E-state index contributed by atoms with van der Waals surface area (Å²) in [5, 5.41) is 13.5. The Morgan fingerprint density at radius 2 is 2.12 bits per heavy atom. The van der Waals surface area contributed by atoms with Gasteiger partial charge in [-0.3, -0.25) is 4.79 Å². The van der Waals surface area contributed by atoms with Crippen LogP contribution in [0.3, 0.4) is 0 Å². The van der Waals surface area contributed by atoms with Crippen molar-refractivity contribution in [3.63, 3.8) is 0 Å². The second kappa shape index (κ2) is 7.33. The molecule has 0 spiro atoms. The van der Waals surface area contributed by atoms with Gasteiger partial charge in [0.25, 0.3) is 0 Å². The number of urea groups is 1. The summed E-state index contributed by atoms with van der Waals surface area (Å²) in [6.45, 7) is 4.83. The SMILES string of the molecule is CC(NC(=O)N1CCCNC(=O)C1C)c1ccc(-n2ccnn2)cc1. The lowest BCUT2D eigenvalue weighted by atomic mass is 10.1. The highest BCUT2D eigenvalue weighted by Crippen LogP contribution is 2.16. The van der Waals surface area contributed by atoms with Crippen molar-refractivity contribution in [3.8, 4) is 5.69 Å². The molecule has 1 aliphatic rings. The first-order chi connectivity index (χ1) is 12.1. The molecule has 0 radical (unpaired) electrons. The van der Waals surface area contributed by atoms with Crippen molar-refractivity contribution >= 4 is 11.9 Å². The maximum atomic E-state index is 12.6. The van der Waals surface area contributed by atoms with Crippen LogP contribution >= 0.6 is 0 Å². The molecule has 25 heavy (non-hydrogen) atoms. The van der Waals surface area contributed by atoms with Crippen LogP contribution in [0.25, 0.3) is 5.69 Å². The molecule has 3 amide bonds. The molecule has 2 heterocycles. The summed E-state index contributed by atoms with van der Waals surface area (Å²) in [4.78, 5) is 26.0. The van der Waals surface area contributed by atoms with Crippen molar-refractivity contribution in [1.82, 2.24) is 30.5 Å². The highest BCUT2D eigenvalue weighted by Gasteiger charge is 2.28. The van der Waals surface area contributed by atoms with Gasteiger partial charge in [0.1, 0.15) is 6.04 Å². The van der Waals surface area contributed by atoms with E-state index in [4.69, 9.17) is 0 Å². The van der Waals surface area contributed by atoms with Gasteiger partial charge in [0.15, 0.2) is 0 Å². The van der Waals surface area contributed by atoms with E-state index in [0.717, 1.165) is 17.7 Å². The second-order valence-corrected chi connectivity index (χ2v) is 6.12. The lowest BCUT2D eigenvalue weighted by Gasteiger charge is -2.27. The summed E-state index contributed by atoms with van der Waals surface area (Å²) in [6, 6.07) is 6.88. The molecule has 8 nitrogen and oxygen atoms in total. The summed E-state index contributed by atoms with van der Waals surface area (Å²) in [5.74, 6) is -0.113. The Bertz CT molecular complexity index is 728. The highest BCUT2D eigenvalue weighted by molar-refractivity contribution is 5.87. The number of rotatable bonds is 3. The molecule has 0 aliphatic carbocycles. The van der Waals surface area contributed by atoms with Gasteiger partial charge in [0.05, 0.1) is 24.1 Å². The number of nitrogens with zero attached hydrogens (tertiary/aromatic N) is 4. The molecule has 1 aliphatic heterocycles. The fourth-order valence-electron chi connectivity index (χ4n) is 2.83. The number of carbonyl (C=O) groups excluding carboxylic acids is 2. The average Bonchev–Trinajstić information content (AvgIpc) is 3.10. The Hall–Kier alpha value is -2.90. The molecule has 1 saturated heterocycles. The first-order valence-electron chi connectivity index (χ1n) is 8.38. The Kier molecular flexibility index (Phi) is 4.97. The van der Waals surface area contributed by atoms with E-state index in [1.54, 1.807) is 28.9 Å². The van der Waals surface area contributed by atoms with E-state index < -0.39 is 6.04 Å². The zero-order valence-corrected chi connectivity index (χ0v) is 14.3. The Morgan fingerprint density at radius 3 is 2.80 bits per heavy atom. The average molecular weight is 342 g/mol. The third-order valence-electron chi connectivity index (χ3n) is 4.40. The van der Waals surface area contributed by atoms with Crippen LogP contribution in [0.5, 0.6) is 0 Å². The normalized spacial score (nSPS) is 19.0. The molecule has 1 aromatic carbocycles. The molecule has 2 aromatic rings. The topological polar surface area (TPSA) is 92.2 Å². The largest absolute Gasteiger partial charge is 0.354 e. The van der Waals surface area contributed by atoms with Gasteiger partial charge in [-0.1, -0.05) is 17.3 Å². The minimum absolute atomic E-state index is 0.113. The number of benzene rings is 1. The van der Waals surface area contributed by atoms with Gasteiger partial charge < -0.3 is 15.5 Å². The van der Waals surface area contributed by atoms with Crippen molar-refractivity contribution in [2.24, 2.45) is 0 Å². The van der Waals surface area contributed by atoms with Gasteiger partial charge in [-0.2, -0.15) is 0 Å². The van der Waals surface area contributed by atoms with Gasteiger partial charge >= 0.3 is 6.03 Å². The Labute approximate surface area is 146 Å². The van der Waals surface area contributed by atoms with Gasteiger partial charge in [-0.25, -0.2) is 9.48 Å². The molecule has 3 rings (SSSR count). The molecular formula is C17H22N6O2. The van der Waals surface area contributed by atoms with E-state index in [9.17, 15) is 9.59 Å². The number of hydrogen-bond acceptors (Lipinski definition) is 4. The number of amides is 3. The number of hydrogen-bond donors (Lipinski definition) is 2. The third kappa shape index (κ3) is 3.78. The maximum Gasteiger partial charge on any atom is 0.318 e. The van der Waals surface area contributed by atoms with Crippen LogP contribution in [-0.4, -0.2) is 51.0 Å². The van der Waals surface area contributed by atoms with E-state index in [0.29, 0.717) is 13.1 Å². The molecule has 0 saturated carbocycles. The van der Waals surface area contributed by atoms with Gasteiger partial charge in [-0.05, 0) is 38.0 Å². The summed E-state index contributed by atoms with van der Waals surface area (Å²) in [7, 11) is 0. The van der Waals surface area contributed by atoms with Crippen molar-refractivity contribution in [2.45, 2.75) is 32.4 Å².